The van der Waals surface area contributed by atoms with Crippen molar-refractivity contribution in [2.24, 2.45) is 16.3 Å². The molecule has 5 N–H and O–H groups in total. The molecule has 0 aromatic carbocycles. The molecule has 15 heavy (non-hydrogen) atoms. The van der Waals surface area contributed by atoms with E-state index in [4.69, 9.17) is 16.0 Å². The summed E-state index contributed by atoms with van der Waals surface area (Å²) in [5.41, 5.74) is 5.28. The van der Waals surface area contributed by atoms with Gasteiger partial charge in [0.25, 0.3) is 0 Å². The zero-order valence-corrected chi connectivity index (χ0v) is 9.40. The van der Waals surface area contributed by atoms with E-state index in [1.807, 2.05) is 13.8 Å². The Kier molecular flexibility index (Phi) is 3.93. The van der Waals surface area contributed by atoms with Crippen molar-refractivity contribution in [2.75, 3.05) is 6.54 Å². The number of oxime groups is 1. The van der Waals surface area contributed by atoms with E-state index in [2.05, 4.69) is 10.5 Å². The number of amidine groups is 1. The molecule has 0 aliphatic heterocycles. The highest BCUT2D eigenvalue weighted by atomic mass is 16.4. The third kappa shape index (κ3) is 3.35. The molecule has 5 nitrogen and oxygen atoms in total. The molecule has 1 aliphatic carbocycles. The first kappa shape index (κ1) is 12.3. The maximum Gasteiger partial charge on any atom is 0.144 e. The lowest BCUT2D eigenvalue weighted by Gasteiger charge is -2.33. The van der Waals surface area contributed by atoms with E-state index in [1.165, 1.54) is 0 Å². The summed E-state index contributed by atoms with van der Waals surface area (Å²) in [4.78, 5) is 0. The van der Waals surface area contributed by atoms with Crippen LogP contribution in [0.25, 0.3) is 0 Å². The van der Waals surface area contributed by atoms with Crippen molar-refractivity contribution >= 4 is 5.84 Å². The zero-order valence-electron chi connectivity index (χ0n) is 9.40. The van der Waals surface area contributed by atoms with E-state index in [0.717, 1.165) is 25.8 Å². The van der Waals surface area contributed by atoms with E-state index in [9.17, 15) is 0 Å². The predicted molar refractivity (Wildman–Crippen MR) is 58.8 cm³/mol. The van der Waals surface area contributed by atoms with Crippen molar-refractivity contribution in [1.82, 2.24) is 5.32 Å². The van der Waals surface area contributed by atoms with Crippen LogP contribution in [0.15, 0.2) is 5.16 Å². The molecule has 1 fully saturated rings. The molecule has 5 heteroatoms. The Hall–Kier alpha value is -0.810. The van der Waals surface area contributed by atoms with Gasteiger partial charge in [-0.3, -0.25) is 0 Å². The number of nitrogens with two attached hydrogens (primary N) is 1. The van der Waals surface area contributed by atoms with Gasteiger partial charge in [0, 0.05) is 11.5 Å². The topological polar surface area (TPSA) is 90.9 Å². The van der Waals surface area contributed by atoms with Gasteiger partial charge in [0.05, 0.1) is 6.10 Å². The fraction of sp³-hybridized carbons (Fsp3) is 0.900. The summed E-state index contributed by atoms with van der Waals surface area (Å²) >= 11 is 0. The average molecular weight is 215 g/mol. The van der Waals surface area contributed by atoms with Crippen LogP contribution in [0, 0.1) is 5.41 Å². The summed E-state index contributed by atoms with van der Waals surface area (Å²) in [6.45, 7) is 4.71. The molecular weight excluding hydrogens is 194 g/mol. The van der Waals surface area contributed by atoms with Crippen LogP contribution in [0.5, 0.6) is 0 Å². The van der Waals surface area contributed by atoms with Gasteiger partial charge in [-0.25, -0.2) is 0 Å². The Morgan fingerprint density at radius 2 is 2.13 bits per heavy atom. The maximum atomic E-state index is 9.09. The Morgan fingerprint density at radius 3 is 2.60 bits per heavy atom. The van der Waals surface area contributed by atoms with Gasteiger partial charge in [0.1, 0.15) is 5.84 Å². The van der Waals surface area contributed by atoms with Gasteiger partial charge in [-0.15, -0.1) is 0 Å². The molecule has 0 unspecified atom stereocenters. The van der Waals surface area contributed by atoms with Crippen molar-refractivity contribution in [3.8, 4) is 0 Å². The highest BCUT2D eigenvalue weighted by Crippen LogP contribution is 2.22. The van der Waals surface area contributed by atoms with Crippen LogP contribution in [0.4, 0.5) is 0 Å². The molecule has 0 aromatic heterocycles. The Morgan fingerprint density at radius 1 is 1.53 bits per heavy atom. The van der Waals surface area contributed by atoms with Gasteiger partial charge >= 0.3 is 0 Å². The van der Waals surface area contributed by atoms with Gasteiger partial charge in [-0.2, -0.15) is 0 Å². The van der Waals surface area contributed by atoms with E-state index in [1.54, 1.807) is 0 Å². The number of aliphatic hydroxyl groups is 1. The van der Waals surface area contributed by atoms with Gasteiger partial charge in [0.2, 0.25) is 0 Å². The first-order valence-corrected chi connectivity index (χ1v) is 5.35. The second-order valence-corrected chi connectivity index (χ2v) is 4.90. The van der Waals surface area contributed by atoms with E-state index >= 15 is 0 Å². The van der Waals surface area contributed by atoms with Crippen LogP contribution in [0.3, 0.4) is 0 Å². The molecule has 1 saturated carbocycles. The Balaban J connectivity index is 2.19. The number of aliphatic hydroxyl groups excluding tert-OH is 1. The zero-order chi connectivity index (χ0) is 11.5. The summed E-state index contributed by atoms with van der Waals surface area (Å²) in [6, 6.07) is 0.433. The van der Waals surface area contributed by atoms with Gasteiger partial charge < -0.3 is 21.4 Å². The van der Waals surface area contributed by atoms with Crippen LogP contribution >= 0.6 is 0 Å². The van der Waals surface area contributed by atoms with Crippen molar-refractivity contribution in [2.45, 2.75) is 45.3 Å². The molecule has 0 atom stereocenters. The normalized spacial score (nSPS) is 27.5. The largest absolute Gasteiger partial charge is 0.409 e. The maximum absolute atomic E-state index is 9.09. The van der Waals surface area contributed by atoms with Crippen molar-refractivity contribution in [1.29, 1.82) is 0 Å². The number of hydrogen-bond acceptors (Lipinski definition) is 4. The van der Waals surface area contributed by atoms with E-state index < -0.39 is 0 Å². The van der Waals surface area contributed by atoms with Crippen LogP contribution in [-0.2, 0) is 0 Å². The molecule has 88 valence electrons. The SMILES string of the molecule is CC(C)(CCNC1CC(O)C1)C(N)=NO. The van der Waals surface area contributed by atoms with Crippen LogP contribution < -0.4 is 11.1 Å². The molecule has 1 aliphatic rings. The molecule has 0 spiro atoms. The summed E-state index contributed by atoms with van der Waals surface area (Å²) in [5, 5.41) is 24.0. The average Bonchev–Trinajstić information content (AvgIpc) is 2.13. The van der Waals surface area contributed by atoms with Gasteiger partial charge in [-0.05, 0) is 25.8 Å². The molecule has 0 amide bonds. The summed E-state index contributed by atoms with van der Waals surface area (Å²) in [6.07, 6.45) is 2.36. The quantitative estimate of drug-likeness (QED) is 0.229. The molecule has 0 aromatic rings. The third-order valence-corrected chi connectivity index (χ3v) is 3.10. The standard InChI is InChI=1S/C10H21N3O2/c1-10(2,9(11)13-15)3-4-12-7-5-8(14)6-7/h7-8,12,14-15H,3-6H2,1-2H3,(H2,11,13). The monoisotopic (exact) mass is 215 g/mol. The highest BCUT2D eigenvalue weighted by Gasteiger charge is 2.28. The lowest BCUT2D eigenvalue weighted by atomic mass is 9.86. The fourth-order valence-corrected chi connectivity index (χ4v) is 1.61. The minimum atomic E-state index is -0.288. The molecule has 0 saturated heterocycles. The first-order chi connectivity index (χ1) is 6.95. The molecule has 1 rings (SSSR count). The third-order valence-electron chi connectivity index (χ3n) is 3.10. The summed E-state index contributed by atoms with van der Waals surface area (Å²) < 4.78 is 0. The smallest absolute Gasteiger partial charge is 0.144 e. The van der Waals surface area contributed by atoms with Crippen LogP contribution in [0.2, 0.25) is 0 Å². The molecule has 0 heterocycles. The Bertz CT molecular complexity index is 235. The summed E-state index contributed by atoms with van der Waals surface area (Å²) in [5.74, 6) is 0.262. The first-order valence-electron chi connectivity index (χ1n) is 5.35. The summed E-state index contributed by atoms with van der Waals surface area (Å²) in [7, 11) is 0. The molecule has 0 radical (unpaired) electrons. The minimum absolute atomic E-state index is 0.125. The number of rotatable bonds is 5. The second kappa shape index (κ2) is 4.81. The van der Waals surface area contributed by atoms with Crippen LogP contribution in [0.1, 0.15) is 33.1 Å². The van der Waals surface area contributed by atoms with Gasteiger partial charge in [-0.1, -0.05) is 19.0 Å². The Labute approximate surface area is 90.3 Å². The minimum Gasteiger partial charge on any atom is -0.409 e. The second-order valence-electron chi connectivity index (χ2n) is 4.90. The fourth-order valence-electron chi connectivity index (χ4n) is 1.61. The number of hydrogen-bond donors (Lipinski definition) is 4. The lowest BCUT2D eigenvalue weighted by Crippen LogP contribution is -2.45. The molecule has 0 bridgehead atoms. The number of nitrogens with zero attached hydrogens (tertiary/aromatic N) is 1. The predicted octanol–water partition coefficient (Wildman–Crippen LogP) is 0.262. The van der Waals surface area contributed by atoms with Gasteiger partial charge in [0.15, 0.2) is 0 Å². The number of nitrogens with one attached hydrogen (secondary N) is 1. The van der Waals surface area contributed by atoms with E-state index in [0.29, 0.717) is 6.04 Å². The van der Waals surface area contributed by atoms with Crippen LogP contribution in [-0.4, -0.2) is 34.8 Å². The van der Waals surface area contributed by atoms with Crippen molar-refractivity contribution in [3.63, 3.8) is 0 Å². The highest BCUT2D eigenvalue weighted by molar-refractivity contribution is 5.85. The van der Waals surface area contributed by atoms with Crippen molar-refractivity contribution in [3.05, 3.63) is 0 Å². The lowest BCUT2D eigenvalue weighted by molar-refractivity contribution is 0.0620. The van der Waals surface area contributed by atoms with E-state index in [-0.39, 0.29) is 17.4 Å². The molecular formula is C10H21N3O2. The van der Waals surface area contributed by atoms with Crippen molar-refractivity contribution < 1.29 is 10.3 Å².